The first-order valence-corrected chi connectivity index (χ1v) is 10.5. The normalized spacial score (nSPS) is 15.4. The molecule has 0 saturated carbocycles. The topological polar surface area (TPSA) is 91.1 Å². The second kappa shape index (κ2) is 9.54. The number of fused-ring (bicyclic) bond motifs is 1. The molecule has 1 aliphatic rings. The largest absolute Gasteiger partial charge is 0.460 e. The molecule has 0 amide bonds. The Bertz CT molecular complexity index is 1090. The van der Waals surface area contributed by atoms with Crippen LogP contribution in [0.25, 0.3) is 11.0 Å². The van der Waals surface area contributed by atoms with Crippen LogP contribution >= 0.6 is 0 Å². The van der Waals surface area contributed by atoms with E-state index in [2.05, 4.69) is 16.3 Å². The molecule has 7 nitrogen and oxygen atoms in total. The van der Waals surface area contributed by atoms with E-state index in [4.69, 9.17) is 14.7 Å². The second-order valence-electron chi connectivity index (χ2n) is 7.63. The summed E-state index contributed by atoms with van der Waals surface area (Å²) in [4.78, 5) is 24.5. The zero-order valence-corrected chi connectivity index (χ0v) is 17.5. The summed E-state index contributed by atoms with van der Waals surface area (Å²) >= 11 is 0. The molecule has 2 aromatic carbocycles. The molecule has 1 aliphatic heterocycles. The van der Waals surface area contributed by atoms with E-state index in [1.165, 1.54) is 0 Å². The lowest BCUT2D eigenvalue weighted by Crippen LogP contribution is -2.42. The summed E-state index contributed by atoms with van der Waals surface area (Å²) < 4.78 is 5.47. The molecule has 0 radical (unpaired) electrons. The summed E-state index contributed by atoms with van der Waals surface area (Å²) in [6.07, 6.45) is 1.92. The van der Waals surface area contributed by atoms with Gasteiger partial charge in [0.15, 0.2) is 11.7 Å². The summed E-state index contributed by atoms with van der Waals surface area (Å²) in [5, 5.41) is 13.2. The fourth-order valence-corrected chi connectivity index (χ4v) is 3.85. The maximum absolute atomic E-state index is 12.9. The summed E-state index contributed by atoms with van der Waals surface area (Å²) in [6.45, 7) is 1.67. The SMILES string of the molecule is CNC1CCN(c2nc3ccccc3nc2C(C#N)C(=O)OCc2ccccc2)CC1. The number of rotatable bonds is 6. The fourth-order valence-electron chi connectivity index (χ4n) is 3.85. The third-order valence-electron chi connectivity index (χ3n) is 5.64. The second-order valence-corrected chi connectivity index (χ2v) is 7.63. The van der Waals surface area contributed by atoms with E-state index in [1.807, 2.05) is 61.6 Å². The maximum atomic E-state index is 12.9. The average Bonchev–Trinajstić information content (AvgIpc) is 2.83. The first-order valence-electron chi connectivity index (χ1n) is 10.5. The number of nitriles is 1. The van der Waals surface area contributed by atoms with Crippen molar-refractivity contribution in [2.45, 2.75) is 31.4 Å². The molecule has 31 heavy (non-hydrogen) atoms. The van der Waals surface area contributed by atoms with E-state index < -0.39 is 11.9 Å². The summed E-state index contributed by atoms with van der Waals surface area (Å²) in [5.74, 6) is -1.16. The highest BCUT2D eigenvalue weighted by Gasteiger charge is 2.31. The molecule has 3 aromatic rings. The van der Waals surface area contributed by atoms with Crippen LogP contribution in [0.4, 0.5) is 5.82 Å². The van der Waals surface area contributed by atoms with Crippen LogP contribution in [0.3, 0.4) is 0 Å². The number of nitrogens with zero attached hydrogens (tertiary/aromatic N) is 4. The van der Waals surface area contributed by atoms with Crippen molar-refractivity contribution in [3.05, 3.63) is 65.9 Å². The fraction of sp³-hybridized carbons (Fsp3) is 0.333. The predicted molar refractivity (Wildman–Crippen MR) is 118 cm³/mol. The van der Waals surface area contributed by atoms with Crippen LogP contribution in [0.15, 0.2) is 54.6 Å². The van der Waals surface area contributed by atoms with Crippen LogP contribution in [-0.4, -0.2) is 42.1 Å². The number of carbonyl (C=O) groups excluding carboxylic acids is 1. The van der Waals surface area contributed by atoms with Crippen LogP contribution in [-0.2, 0) is 16.1 Å². The van der Waals surface area contributed by atoms with Gasteiger partial charge in [-0.05, 0) is 37.6 Å². The molecule has 1 aromatic heterocycles. The molecule has 2 heterocycles. The summed E-state index contributed by atoms with van der Waals surface area (Å²) in [6, 6.07) is 19.5. The molecule has 1 fully saturated rings. The van der Waals surface area contributed by atoms with E-state index in [1.54, 1.807) is 0 Å². The molecular formula is C24H25N5O2. The minimum Gasteiger partial charge on any atom is -0.460 e. The zero-order valence-electron chi connectivity index (χ0n) is 17.5. The summed E-state index contributed by atoms with van der Waals surface area (Å²) in [7, 11) is 1.97. The van der Waals surface area contributed by atoms with Crippen molar-refractivity contribution in [2.75, 3.05) is 25.0 Å². The number of benzene rings is 2. The van der Waals surface area contributed by atoms with Crippen molar-refractivity contribution in [3.8, 4) is 6.07 Å². The molecule has 0 aliphatic carbocycles. The zero-order chi connectivity index (χ0) is 21.6. The number of nitrogens with one attached hydrogen (secondary N) is 1. The quantitative estimate of drug-likeness (QED) is 0.618. The lowest BCUT2D eigenvalue weighted by molar-refractivity contribution is -0.145. The van der Waals surface area contributed by atoms with Gasteiger partial charge in [-0.2, -0.15) is 5.26 Å². The minimum atomic E-state index is -1.14. The Morgan fingerprint density at radius 2 is 1.77 bits per heavy atom. The first kappa shape index (κ1) is 20.8. The van der Waals surface area contributed by atoms with Crippen molar-refractivity contribution in [1.29, 1.82) is 5.26 Å². The molecule has 1 unspecified atom stereocenters. The van der Waals surface area contributed by atoms with Crippen LogP contribution in [0.2, 0.25) is 0 Å². The molecule has 0 bridgehead atoms. The number of hydrogen-bond donors (Lipinski definition) is 1. The molecule has 7 heteroatoms. The minimum absolute atomic E-state index is 0.113. The van der Waals surface area contributed by atoms with Crippen molar-refractivity contribution >= 4 is 22.8 Å². The van der Waals surface area contributed by atoms with Gasteiger partial charge in [0.05, 0.1) is 17.1 Å². The van der Waals surface area contributed by atoms with Gasteiger partial charge in [-0.25, -0.2) is 9.97 Å². The molecule has 0 spiro atoms. The molecule has 4 rings (SSSR count). The molecule has 1 N–H and O–H groups in total. The predicted octanol–water partition coefficient (Wildman–Crippen LogP) is 3.17. The van der Waals surface area contributed by atoms with Gasteiger partial charge in [-0.3, -0.25) is 4.79 Å². The van der Waals surface area contributed by atoms with E-state index in [-0.39, 0.29) is 6.61 Å². The van der Waals surface area contributed by atoms with Gasteiger partial charge in [0.1, 0.15) is 12.3 Å². The van der Waals surface area contributed by atoms with Gasteiger partial charge in [0.2, 0.25) is 0 Å². The van der Waals surface area contributed by atoms with Gasteiger partial charge < -0.3 is 15.0 Å². The number of ether oxygens (including phenoxy) is 1. The van der Waals surface area contributed by atoms with Gasteiger partial charge in [0.25, 0.3) is 0 Å². The molecule has 158 valence electrons. The number of carbonyl (C=O) groups is 1. The smallest absolute Gasteiger partial charge is 0.330 e. The third kappa shape index (κ3) is 4.65. The Hall–Kier alpha value is -3.50. The van der Waals surface area contributed by atoms with E-state index >= 15 is 0 Å². The number of hydrogen-bond acceptors (Lipinski definition) is 7. The highest BCUT2D eigenvalue weighted by atomic mass is 16.5. The number of esters is 1. The Kier molecular flexibility index (Phi) is 6.39. The Morgan fingerprint density at radius 3 is 2.42 bits per heavy atom. The number of aromatic nitrogens is 2. The van der Waals surface area contributed by atoms with Crippen LogP contribution in [0.1, 0.15) is 30.0 Å². The van der Waals surface area contributed by atoms with Crippen molar-refractivity contribution < 1.29 is 9.53 Å². The monoisotopic (exact) mass is 415 g/mol. The first-order chi connectivity index (χ1) is 15.2. The van der Waals surface area contributed by atoms with Crippen molar-refractivity contribution in [2.24, 2.45) is 0 Å². The van der Waals surface area contributed by atoms with Crippen molar-refractivity contribution in [1.82, 2.24) is 15.3 Å². The summed E-state index contributed by atoms with van der Waals surface area (Å²) in [5.41, 5.74) is 2.63. The van der Waals surface area contributed by atoms with Gasteiger partial charge in [-0.15, -0.1) is 0 Å². The van der Waals surface area contributed by atoms with Crippen LogP contribution in [0.5, 0.6) is 0 Å². The highest BCUT2D eigenvalue weighted by molar-refractivity contribution is 5.85. The third-order valence-corrected chi connectivity index (χ3v) is 5.64. The Morgan fingerprint density at radius 1 is 1.13 bits per heavy atom. The van der Waals surface area contributed by atoms with E-state index in [0.29, 0.717) is 23.1 Å². The maximum Gasteiger partial charge on any atom is 0.330 e. The van der Waals surface area contributed by atoms with Crippen LogP contribution < -0.4 is 10.2 Å². The number of para-hydroxylation sites is 2. The molecule has 1 saturated heterocycles. The van der Waals surface area contributed by atoms with Gasteiger partial charge >= 0.3 is 5.97 Å². The standard InChI is InChI=1S/C24H25N5O2/c1-26-18-11-13-29(14-12-18)23-22(27-20-9-5-6-10-21(20)28-23)19(15-25)24(30)31-16-17-7-3-2-4-8-17/h2-10,18-19,26H,11-14,16H2,1H3. The Balaban J connectivity index is 1.65. The van der Waals surface area contributed by atoms with E-state index in [9.17, 15) is 10.1 Å². The molecule has 1 atom stereocenters. The van der Waals surface area contributed by atoms with E-state index in [0.717, 1.165) is 37.0 Å². The Labute approximate surface area is 181 Å². The lowest BCUT2D eigenvalue weighted by Gasteiger charge is -2.33. The number of anilines is 1. The lowest BCUT2D eigenvalue weighted by atomic mass is 10.0. The highest BCUT2D eigenvalue weighted by Crippen LogP contribution is 2.30. The van der Waals surface area contributed by atoms with Gasteiger partial charge in [0, 0.05) is 19.1 Å². The van der Waals surface area contributed by atoms with Crippen LogP contribution in [0, 0.1) is 11.3 Å². The van der Waals surface area contributed by atoms with Gasteiger partial charge in [-0.1, -0.05) is 42.5 Å². The molecular weight excluding hydrogens is 390 g/mol. The number of piperidine rings is 1. The average molecular weight is 415 g/mol. The van der Waals surface area contributed by atoms with Crippen molar-refractivity contribution in [3.63, 3.8) is 0 Å².